The first kappa shape index (κ1) is 30.9. The lowest BCUT2D eigenvalue weighted by Crippen LogP contribution is -2.54. The van der Waals surface area contributed by atoms with E-state index in [0.717, 1.165) is 24.0 Å². The number of anilines is 2. The second-order valence-corrected chi connectivity index (χ2v) is 11.6. The van der Waals surface area contributed by atoms with Crippen LogP contribution in [0.2, 0.25) is 0 Å². The molecule has 8 nitrogen and oxygen atoms in total. The fourth-order valence-corrected chi connectivity index (χ4v) is 5.90. The van der Waals surface area contributed by atoms with Gasteiger partial charge >= 0.3 is 0 Å². The van der Waals surface area contributed by atoms with E-state index in [9.17, 15) is 18.4 Å². The van der Waals surface area contributed by atoms with Gasteiger partial charge in [-0.1, -0.05) is 30.3 Å². The van der Waals surface area contributed by atoms with E-state index in [2.05, 4.69) is 10.6 Å². The minimum atomic E-state index is -0.742. The van der Waals surface area contributed by atoms with Crippen LogP contribution in [0.25, 0.3) is 11.3 Å². The number of carbonyl (C=O) groups is 2. The lowest BCUT2D eigenvalue weighted by atomic mass is 9.91. The lowest BCUT2D eigenvalue weighted by Gasteiger charge is -2.42. The van der Waals surface area contributed by atoms with Crippen LogP contribution in [0.1, 0.15) is 50.4 Å². The number of nitrogens with one attached hydrogen (secondary N) is 2. The molecule has 0 aliphatic carbocycles. The van der Waals surface area contributed by atoms with Crippen molar-refractivity contribution in [3.8, 4) is 11.3 Å². The molecule has 0 bridgehead atoms. The zero-order valence-electron chi connectivity index (χ0n) is 25.0. The Morgan fingerprint density at radius 1 is 0.955 bits per heavy atom. The Kier molecular flexibility index (Phi) is 9.39. The zero-order valence-corrected chi connectivity index (χ0v) is 25.0. The van der Waals surface area contributed by atoms with Gasteiger partial charge in [0.05, 0.1) is 12.1 Å². The predicted molar refractivity (Wildman–Crippen MR) is 167 cm³/mol. The standard InChI is InChI=1S/C34H38F2N6O2/c1-34(2)33-40-31(24-10-12-26(35)13-11-24)32(39-28-16-14-27(36)15-17-28)41(33)19-20-42(34)30(44)22-38-18-6-9-25(21-29(37)43)23-7-4-3-5-8-23/h3-5,7-8,10-17,25,38-39H,6,9,18-22H2,1-2H3,(H2,37,43). The quantitative estimate of drug-likeness (QED) is 0.182. The monoisotopic (exact) mass is 600 g/mol. The summed E-state index contributed by atoms with van der Waals surface area (Å²) in [7, 11) is 0. The Morgan fingerprint density at radius 3 is 2.27 bits per heavy atom. The number of amides is 2. The first-order valence-electron chi connectivity index (χ1n) is 14.9. The van der Waals surface area contributed by atoms with Gasteiger partial charge in [0.25, 0.3) is 0 Å². The molecule has 1 aliphatic rings. The Hall–Kier alpha value is -4.57. The van der Waals surface area contributed by atoms with Crippen LogP contribution in [0.4, 0.5) is 20.3 Å². The van der Waals surface area contributed by atoms with Gasteiger partial charge in [0.15, 0.2) is 0 Å². The summed E-state index contributed by atoms with van der Waals surface area (Å²) in [5.41, 5.74) is 7.86. The maximum atomic E-state index is 13.7. The molecule has 3 aromatic carbocycles. The summed E-state index contributed by atoms with van der Waals surface area (Å²) in [5.74, 6) is 0.371. The van der Waals surface area contributed by atoms with Crippen LogP contribution in [0.15, 0.2) is 78.9 Å². The number of imidazole rings is 1. The number of primary amides is 1. The van der Waals surface area contributed by atoms with Gasteiger partial charge in [-0.2, -0.15) is 0 Å². The van der Waals surface area contributed by atoms with E-state index in [1.165, 1.54) is 24.3 Å². The Morgan fingerprint density at radius 2 is 1.61 bits per heavy atom. The summed E-state index contributed by atoms with van der Waals surface area (Å²) >= 11 is 0. The maximum Gasteiger partial charge on any atom is 0.237 e. The van der Waals surface area contributed by atoms with Crippen molar-refractivity contribution in [1.82, 2.24) is 19.8 Å². The molecule has 5 rings (SSSR count). The largest absolute Gasteiger partial charge is 0.370 e. The molecule has 0 radical (unpaired) electrons. The second-order valence-electron chi connectivity index (χ2n) is 11.6. The van der Waals surface area contributed by atoms with Crippen molar-refractivity contribution in [1.29, 1.82) is 0 Å². The highest BCUT2D eigenvalue weighted by molar-refractivity contribution is 5.81. The molecule has 0 saturated carbocycles. The average molecular weight is 601 g/mol. The fraction of sp³-hybridized carbons (Fsp3) is 0.324. The molecule has 0 saturated heterocycles. The van der Waals surface area contributed by atoms with Crippen LogP contribution in [0.3, 0.4) is 0 Å². The number of nitrogens with zero attached hydrogens (tertiary/aromatic N) is 3. The third-order valence-electron chi connectivity index (χ3n) is 8.16. The Balaban J connectivity index is 1.28. The highest BCUT2D eigenvalue weighted by Crippen LogP contribution is 2.39. The van der Waals surface area contributed by atoms with Crippen molar-refractivity contribution in [2.24, 2.45) is 5.73 Å². The van der Waals surface area contributed by atoms with Crippen LogP contribution in [0, 0.1) is 11.6 Å². The van der Waals surface area contributed by atoms with Gasteiger partial charge in [-0.3, -0.25) is 9.59 Å². The van der Waals surface area contributed by atoms with Crippen LogP contribution in [-0.2, 0) is 21.7 Å². The van der Waals surface area contributed by atoms with Crippen molar-refractivity contribution in [2.75, 3.05) is 25.0 Å². The first-order valence-corrected chi connectivity index (χ1v) is 14.9. The normalized spacial score (nSPS) is 14.6. The second kappa shape index (κ2) is 13.4. The van der Waals surface area contributed by atoms with E-state index < -0.39 is 5.54 Å². The zero-order chi connectivity index (χ0) is 31.3. The molecule has 1 aromatic heterocycles. The Labute approximate surface area is 256 Å². The molecule has 10 heteroatoms. The number of hydrogen-bond acceptors (Lipinski definition) is 5. The van der Waals surface area contributed by atoms with E-state index in [0.29, 0.717) is 42.7 Å². The molecule has 230 valence electrons. The summed E-state index contributed by atoms with van der Waals surface area (Å²) in [6, 6.07) is 22.0. The van der Waals surface area contributed by atoms with E-state index in [1.54, 1.807) is 24.3 Å². The molecule has 4 aromatic rings. The van der Waals surface area contributed by atoms with E-state index in [1.807, 2.05) is 53.6 Å². The number of fused-ring (bicyclic) bond motifs is 1. The van der Waals surface area contributed by atoms with E-state index >= 15 is 0 Å². The number of carbonyl (C=O) groups excluding carboxylic acids is 2. The van der Waals surface area contributed by atoms with Crippen LogP contribution in [-0.4, -0.2) is 45.9 Å². The molecular formula is C34H38F2N6O2. The third kappa shape index (κ3) is 6.97. The van der Waals surface area contributed by atoms with Crippen molar-refractivity contribution >= 4 is 23.3 Å². The molecule has 1 unspecified atom stereocenters. The van der Waals surface area contributed by atoms with Crippen molar-refractivity contribution < 1.29 is 18.4 Å². The fourth-order valence-electron chi connectivity index (χ4n) is 5.90. The molecule has 2 heterocycles. The minimum Gasteiger partial charge on any atom is -0.370 e. The minimum absolute atomic E-state index is 0.0408. The molecule has 2 amide bonds. The molecule has 4 N–H and O–H groups in total. The molecule has 1 atom stereocenters. The van der Waals surface area contributed by atoms with Gasteiger partial charge in [0, 0.05) is 30.8 Å². The van der Waals surface area contributed by atoms with Crippen LogP contribution in [0.5, 0.6) is 0 Å². The van der Waals surface area contributed by atoms with Crippen molar-refractivity contribution in [2.45, 2.75) is 51.1 Å². The smallest absolute Gasteiger partial charge is 0.237 e. The maximum absolute atomic E-state index is 13.7. The number of benzene rings is 3. The number of nitrogens with two attached hydrogens (primary N) is 1. The highest BCUT2D eigenvalue weighted by Gasteiger charge is 2.41. The molecular weight excluding hydrogens is 562 g/mol. The average Bonchev–Trinajstić information content (AvgIpc) is 3.37. The molecule has 44 heavy (non-hydrogen) atoms. The Bertz CT molecular complexity index is 1590. The topological polar surface area (TPSA) is 105 Å². The van der Waals surface area contributed by atoms with Crippen molar-refractivity contribution in [3.63, 3.8) is 0 Å². The summed E-state index contributed by atoms with van der Waals surface area (Å²) in [4.78, 5) is 31.9. The SMILES string of the molecule is CC1(C)c2nc(-c3ccc(F)cc3)c(Nc3ccc(F)cc3)n2CCN1C(=O)CNCCCC(CC(N)=O)c1ccccc1. The van der Waals surface area contributed by atoms with Gasteiger partial charge in [-0.25, -0.2) is 13.8 Å². The van der Waals surface area contributed by atoms with E-state index in [-0.39, 0.29) is 42.3 Å². The summed E-state index contributed by atoms with van der Waals surface area (Å²) in [5, 5.41) is 6.66. The summed E-state index contributed by atoms with van der Waals surface area (Å²) in [6.45, 7) is 5.68. The van der Waals surface area contributed by atoms with E-state index in [4.69, 9.17) is 10.7 Å². The van der Waals surface area contributed by atoms with Gasteiger partial charge in [-0.15, -0.1) is 0 Å². The molecule has 0 spiro atoms. The van der Waals surface area contributed by atoms with Crippen LogP contribution >= 0.6 is 0 Å². The third-order valence-corrected chi connectivity index (χ3v) is 8.16. The predicted octanol–water partition coefficient (Wildman–Crippen LogP) is 5.68. The number of hydrogen-bond donors (Lipinski definition) is 3. The highest BCUT2D eigenvalue weighted by atomic mass is 19.1. The number of rotatable bonds is 12. The van der Waals surface area contributed by atoms with Gasteiger partial charge in [0.2, 0.25) is 11.8 Å². The lowest BCUT2D eigenvalue weighted by molar-refractivity contribution is -0.137. The van der Waals surface area contributed by atoms with Gasteiger partial charge in [-0.05, 0) is 93.2 Å². The molecule has 0 fully saturated rings. The first-order chi connectivity index (χ1) is 21.1. The van der Waals surface area contributed by atoms with Gasteiger partial charge in [0.1, 0.15) is 29.0 Å². The summed E-state index contributed by atoms with van der Waals surface area (Å²) < 4.78 is 29.4. The van der Waals surface area contributed by atoms with Crippen LogP contribution < -0.4 is 16.4 Å². The van der Waals surface area contributed by atoms with Crippen molar-refractivity contribution in [3.05, 3.63) is 102 Å². The van der Waals surface area contributed by atoms with Gasteiger partial charge < -0.3 is 25.8 Å². The number of aromatic nitrogens is 2. The summed E-state index contributed by atoms with van der Waals surface area (Å²) in [6.07, 6.45) is 1.85. The molecule has 1 aliphatic heterocycles. The number of halogens is 2.